The molecule has 8 heteroatoms. The second-order valence-electron chi connectivity index (χ2n) is 4.45. The molecule has 2 aromatic rings. The molecule has 0 amide bonds. The molecule has 1 aromatic heterocycles. The second kappa shape index (κ2) is 5.33. The number of anilines is 1. The quantitative estimate of drug-likeness (QED) is 0.732. The fourth-order valence-corrected chi connectivity index (χ4v) is 3.89. The van der Waals surface area contributed by atoms with Crippen LogP contribution in [0.4, 0.5) is 5.13 Å². The molecule has 0 aliphatic rings. The van der Waals surface area contributed by atoms with Crippen LogP contribution in [0.5, 0.6) is 5.75 Å². The van der Waals surface area contributed by atoms with Crippen LogP contribution in [0.15, 0.2) is 18.2 Å². The normalized spacial score (nSPS) is 12.8. The molecule has 1 aromatic carbocycles. The number of thiazole rings is 1. The van der Waals surface area contributed by atoms with Crippen molar-refractivity contribution >= 4 is 34.3 Å². The van der Waals surface area contributed by atoms with Gasteiger partial charge in [0.2, 0.25) is 5.34 Å². The van der Waals surface area contributed by atoms with E-state index in [1.807, 2.05) is 6.07 Å². The van der Waals surface area contributed by atoms with E-state index in [9.17, 15) is 14.4 Å². The molecule has 0 atom stereocenters. The second-order valence-corrected chi connectivity index (χ2v) is 7.42. The Bertz CT molecular complexity index is 663. The molecule has 0 aliphatic carbocycles. The summed E-state index contributed by atoms with van der Waals surface area (Å²) in [5, 5.41) is -1.13. The van der Waals surface area contributed by atoms with Crippen LogP contribution in [0.2, 0.25) is 0 Å². The van der Waals surface area contributed by atoms with Crippen molar-refractivity contribution in [3.05, 3.63) is 18.2 Å². The molecule has 0 spiro atoms. The number of hydrogen-bond acceptors (Lipinski definition) is 5. The van der Waals surface area contributed by atoms with E-state index in [2.05, 4.69) is 4.98 Å². The Balaban J connectivity index is 2.52. The first-order chi connectivity index (χ1) is 9.33. The SMILES string of the molecule is CCC(CC)(Oc1cccc2sc(N)nc12)P(=O)(O)O. The Labute approximate surface area is 120 Å². The highest BCUT2D eigenvalue weighted by molar-refractivity contribution is 7.53. The van der Waals surface area contributed by atoms with Crippen LogP contribution < -0.4 is 10.5 Å². The highest BCUT2D eigenvalue weighted by Crippen LogP contribution is 2.55. The lowest BCUT2D eigenvalue weighted by atomic mass is 10.2. The Kier molecular flexibility index (Phi) is 4.07. The molecule has 110 valence electrons. The van der Waals surface area contributed by atoms with Gasteiger partial charge in [0.1, 0.15) is 11.3 Å². The number of benzene rings is 1. The van der Waals surface area contributed by atoms with E-state index in [1.54, 1.807) is 26.0 Å². The minimum absolute atomic E-state index is 0.198. The van der Waals surface area contributed by atoms with E-state index in [0.717, 1.165) is 4.70 Å². The van der Waals surface area contributed by atoms with Gasteiger partial charge in [-0.3, -0.25) is 4.57 Å². The van der Waals surface area contributed by atoms with Gasteiger partial charge in [-0.05, 0) is 25.0 Å². The zero-order valence-electron chi connectivity index (χ0n) is 11.2. The van der Waals surface area contributed by atoms with Crippen molar-refractivity contribution < 1.29 is 19.1 Å². The molecular weight excluding hydrogens is 299 g/mol. The van der Waals surface area contributed by atoms with Crippen LogP contribution in [0.1, 0.15) is 26.7 Å². The highest BCUT2D eigenvalue weighted by Gasteiger charge is 2.46. The number of fused-ring (bicyclic) bond motifs is 1. The van der Waals surface area contributed by atoms with Crippen LogP contribution in [0, 0.1) is 0 Å². The number of nitrogen functional groups attached to an aromatic ring is 1. The van der Waals surface area contributed by atoms with Gasteiger partial charge in [0, 0.05) is 0 Å². The molecule has 0 radical (unpaired) electrons. The first kappa shape index (κ1) is 15.3. The minimum atomic E-state index is -4.42. The Morgan fingerprint density at radius 1 is 1.40 bits per heavy atom. The van der Waals surface area contributed by atoms with Crippen LogP contribution >= 0.6 is 18.9 Å². The van der Waals surface area contributed by atoms with E-state index in [1.165, 1.54) is 11.3 Å². The number of nitrogens with zero attached hydrogens (tertiary/aromatic N) is 1. The molecule has 2 rings (SSSR count). The van der Waals surface area contributed by atoms with Gasteiger partial charge in [0.05, 0.1) is 4.70 Å². The van der Waals surface area contributed by atoms with Gasteiger partial charge in [-0.15, -0.1) is 0 Å². The van der Waals surface area contributed by atoms with Gasteiger partial charge in [0.25, 0.3) is 0 Å². The van der Waals surface area contributed by atoms with Crippen LogP contribution in [0.25, 0.3) is 10.2 Å². The maximum atomic E-state index is 11.8. The third-order valence-corrected chi connectivity index (χ3v) is 5.97. The van der Waals surface area contributed by atoms with Crippen molar-refractivity contribution in [1.29, 1.82) is 0 Å². The Morgan fingerprint density at radius 2 is 2.05 bits per heavy atom. The van der Waals surface area contributed by atoms with Gasteiger partial charge in [-0.1, -0.05) is 31.3 Å². The Morgan fingerprint density at radius 3 is 2.60 bits per heavy atom. The number of hydrogen-bond donors (Lipinski definition) is 3. The summed E-state index contributed by atoms with van der Waals surface area (Å²) < 4.78 is 18.3. The molecule has 0 aliphatic heterocycles. The van der Waals surface area contributed by atoms with Gasteiger partial charge in [-0.25, -0.2) is 4.98 Å². The van der Waals surface area contributed by atoms with Crippen molar-refractivity contribution in [3.63, 3.8) is 0 Å². The number of ether oxygens (including phenoxy) is 1. The number of aromatic nitrogens is 1. The molecule has 0 bridgehead atoms. The first-order valence-electron chi connectivity index (χ1n) is 6.22. The van der Waals surface area contributed by atoms with Crippen molar-refractivity contribution in [3.8, 4) is 5.75 Å². The van der Waals surface area contributed by atoms with Gasteiger partial charge in [-0.2, -0.15) is 0 Å². The third kappa shape index (κ3) is 2.54. The Hall–Kier alpha value is -1.14. The highest BCUT2D eigenvalue weighted by atomic mass is 32.1. The van der Waals surface area contributed by atoms with Crippen molar-refractivity contribution in [1.82, 2.24) is 4.98 Å². The van der Waals surface area contributed by atoms with Crippen molar-refractivity contribution in [2.24, 2.45) is 0 Å². The summed E-state index contributed by atoms with van der Waals surface area (Å²) in [4.78, 5) is 23.4. The van der Waals surface area contributed by atoms with Gasteiger partial charge >= 0.3 is 7.60 Å². The molecule has 0 saturated heterocycles. The molecule has 1 heterocycles. The summed E-state index contributed by atoms with van der Waals surface area (Å²) >= 11 is 1.31. The lowest BCUT2D eigenvalue weighted by Crippen LogP contribution is -2.34. The average molecular weight is 316 g/mol. The smallest absolute Gasteiger partial charge is 0.368 e. The predicted molar refractivity (Wildman–Crippen MR) is 80.0 cm³/mol. The van der Waals surface area contributed by atoms with Crippen LogP contribution in [0.3, 0.4) is 0 Å². The first-order valence-corrected chi connectivity index (χ1v) is 8.65. The standard InChI is InChI=1S/C12H17N2O4PS/c1-3-12(4-2,19(15,16)17)18-8-6-5-7-9-10(8)14-11(13)20-9/h5-7H,3-4H2,1-2H3,(H2,13,14)(H2,15,16,17). The number of nitrogens with two attached hydrogens (primary N) is 1. The summed E-state index contributed by atoms with van der Waals surface area (Å²) in [5.74, 6) is 0.350. The summed E-state index contributed by atoms with van der Waals surface area (Å²) in [7, 11) is -4.42. The molecule has 4 N–H and O–H groups in total. The fraction of sp³-hybridized carbons (Fsp3) is 0.417. The zero-order valence-corrected chi connectivity index (χ0v) is 12.9. The summed E-state index contributed by atoms with van der Waals surface area (Å²) in [6.45, 7) is 3.39. The number of para-hydroxylation sites is 1. The minimum Gasteiger partial charge on any atom is -0.472 e. The zero-order chi connectivity index (χ0) is 15.0. The number of rotatable bonds is 5. The van der Waals surface area contributed by atoms with E-state index >= 15 is 0 Å². The maximum Gasteiger partial charge on any atom is 0.368 e. The van der Waals surface area contributed by atoms with Gasteiger partial charge < -0.3 is 20.3 Å². The average Bonchev–Trinajstić information content (AvgIpc) is 2.75. The molecule has 0 fully saturated rings. The summed E-state index contributed by atoms with van der Waals surface area (Å²) in [5.41, 5.74) is 6.21. The lowest BCUT2D eigenvalue weighted by Gasteiger charge is -2.32. The lowest BCUT2D eigenvalue weighted by molar-refractivity contribution is 0.110. The molecule has 20 heavy (non-hydrogen) atoms. The van der Waals surface area contributed by atoms with Crippen molar-refractivity contribution in [2.75, 3.05) is 5.73 Å². The van der Waals surface area contributed by atoms with E-state index < -0.39 is 12.9 Å². The van der Waals surface area contributed by atoms with Crippen molar-refractivity contribution in [2.45, 2.75) is 32.0 Å². The molecule has 0 saturated carbocycles. The van der Waals surface area contributed by atoms with E-state index in [-0.39, 0.29) is 12.8 Å². The fourth-order valence-electron chi connectivity index (χ4n) is 2.09. The molecule has 6 nitrogen and oxygen atoms in total. The molecular formula is C12H17N2O4PS. The maximum absolute atomic E-state index is 11.8. The van der Waals surface area contributed by atoms with Crippen LogP contribution in [-0.2, 0) is 4.57 Å². The van der Waals surface area contributed by atoms with Gasteiger partial charge in [0.15, 0.2) is 5.13 Å². The summed E-state index contributed by atoms with van der Waals surface area (Å²) in [6, 6.07) is 5.25. The third-order valence-electron chi connectivity index (χ3n) is 3.33. The topological polar surface area (TPSA) is 106 Å². The predicted octanol–water partition coefficient (Wildman–Crippen LogP) is 2.95. The largest absolute Gasteiger partial charge is 0.472 e. The monoisotopic (exact) mass is 316 g/mol. The summed E-state index contributed by atoms with van der Waals surface area (Å²) in [6.07, 6.45) is 0.396. The van der Waals surface area contributed by atoms with Crippen LogP contribution in [-0.4, -0.2) is 20.1 Å². The van der Waals surface area contributed by atoms with E-state index in [0.29, 0.717) is 16.4 Å². The van der Waals surface area contributed by atoms with E-state index in [4.69, 9.17) is 10.5 Å². The molecule has 0 unspecified atom stereocenters.